The second-order valence-corrected chi connectivity index (χ2v) is 4.31. The van der Waals surface area contributed by atoms with Gasteiger partial charge in [-0.3, -0.25) is 4.89 Å². The van der Waals surface area contributed by atoms with Crippen molar-refractivity contribution in [2.45, 2.75) is 0 Å². The van der Waals surface area contributed by atoms with Crippen molar-refractivity contribution < 1.29 is 22.4 Å². The molecular weight excluding hydrogens is 222 g/mol. The van der Waals surface area contributed by atoms with Gasteiger partial charge in [-0.1, -0.05) is 10.4 Å². The first-order valence-electron chi connectivity index (χ1n) is 3.84. The van der Waals surface area contributed by atoms with Gasteiger partial charge in [0.25, 0.3) is 10.1 Å². The average Bonchev–Trinajstić information content (AvgIpc) is 2.13. The van der Waals surface area contributed by atoms with Crippen LogP contribution in [-0.4, -0.2) is 20.6 Å². The van der Waals surface area contributed by atoms with E-state index < -0.39 is 16.1 Å². The molecule has 0 unspecified atom stereocenters. The molecule has 15 heavy (non-hydrogen) atoms. The molecule has 0 saturated carbocycles. The molecule has 0 spiro atoms. The maximum atomic E-state index is 11.2. The third kappa shape index (κ3) is 3.96. The molecule has 82 valence electrons. The Hall–Kier alpha value is -1.60. The number of anilines is 1. The highest BCUT2D eigenvalue weighted by atomic mass is 32.2. The number of rotatable bonds is 3. The van der Waals surface area contributed by atoms with Gasteiger partial charge < -0.3 is 5.73 Å². The van der Waals surface area contributed by atoms with Crippen LogP contribution in [-0.2, 0) is 19.3 Å². The van der Waals surface area contributed by atoms with E-state index in [4.69, 9.17) is 5.73 Å². The minimum absolute atomic E-state index is 0.110. The summed E-state index contributed by atoms with van der Waals surface area (Å²) in [6.45, 7) is 0. The largest absolute Gasteiger partial charge is 0.399 e. The van der Waals surface area contributed by atoms with Crippen molar-refractivity contribution >= 4 is 21.8 Å². The summed E-state index contributed by atoms with van der Waals surface area (Å²) in [7, 11) is -3.81. The maximum absolute atomic E-state index is 11.2. The smallest absolute Gasteiger partial charge is 0.374 e. The fourth-order valence-corrected chi connectivity index (χ4v) is 0.992. The molecule has 0 aliphatic carbocycles. The molecule has 0 bridgehead atoms. The van der Waals surface area contributed by atoms with Crippen LogP contribution in [0.25, 0.3) is 0 Å². The average molecular weight is 231 g/mol. The number of benzene rings is 1. The molecule has 0 saturated heterocycles. The zero-order valence-electron chi connectivity index (χ0n) is 7.84. The molecule has 2 N–H and O–H groups in total. The van der Waals surface area contributed by atoms with Gasteiger partial charge in [0.15, 0.2) is 0 Å². The van der Waals surface area contributed by atoms with Crippen molar-refractivity contribution in [3.63, 3.8) is 0 Å². The third-order valence-electron chi connectivity index (χ3n) is 1.36. The van der Waals surface area contributed by atoms with Crippen LogP contribution in [0.2, 0.25) is 0 Å². The molecule has 0 amide bonds. The van der Waals surface area contributed by atoms with E-state index in [2.05, 4.69) is 9.22 Å². The normalized spacial score (nSPS) is 11.0. The number of nitrogen functional groups attached to an aromatic ring is 1. The number of hydrogen-bond acceptors (Lipinski definition) is 6. The highest BCUT2D eigenvalue weighted by Gasteiger charge is 2.12. The predicted molar refractivity (Wildman–Crippen MR) is 52.2 cm³/mol. The molecule has 6 nitrogen and oxygen atoms in total. The fourth-order valence-electron chi connectivity index (χ4n) is 0.806. The van der Waals surface area contributed by atoms with E-state index in [-0.39, 0.29) is 5.56 Å². The van der Waals surface area contributed by atoms with Crippen molar-refractivity contribution in [2.75, 3.05) is 12.0 Å². The molecule has 0 heterocycles. The minimum atomic E-state index is -3.81. The topological polar surface area (TPSA) is 95.7 Å². The first-order chi connectivity index (χ1) is 6.88. The molecule has 0 atom stereocenters. The highest BCUT2D eigenvalue weighted by Crippen LogP contribution is 2.08. The van der Waals surface area contributed by atoms with Crippen molar-refractivity contribution in [1.29, 1.82) is 0 Å². The van der Waals surface area contributed by atoms with Gasteiger partial charge in [-0.15, -0.1) is 0 Å². The molecule has 7 heteroatoms. The van der Waals surface area contributed by atoms with Crippen molar-refractivity contribution in [2.24, 2.45) is 0 Å². The summed E-state index contributed by atoms with van der Waals surface area (Å²) in [6.07, 6.45) is 0.764. The molecule has 0 radical (unpaired) electrons. The van der Waals surface area contributed by atoms with E-state index in [0.29, 0.717) is 5.69 Å². The van der Waals surface area contributed by atoms with Crippen LogP contribution in [0.5, 0.6) is 0 Å². The Morgan fingerprint density at radius 3 is 2.60 bits per heavy atom. The minimum Gasteiger partial charge on any atom is -0.399 e. The van der Waals surface area contributed by atoms with Crippen molar-refractivity contribution in [3.05, 3.63) is 29.8 Å². The molecule has 1 aromatic rings. The van der Waals surface area contributed by atoms with Gasteiger partial charge in [-0.2, -0.15) is 8.42 Å². The lowest BCUT2D eigenvalue weighted by Gasteiger charge is -2.01. The van der Waals surface area contributed by atoms with Crippen LogP contribution in [0.4, 0.5) is 5.69 Å². The van der Waals surface area contributed by atoms with E-state index >= 15 is 0 Å². The number of carbonyl (C=O) groups is 1. The van der Waals surface area contributed by atoms with Crippen molar-refractivity contribution in [3.8, 4) is 0 Å². The Morgan fingerprint density at radius 2 is 2.07 bits per heavy atom. The molecule has 0 fully saturated rings. The summed E-state index contributed by atoms with van der Waals surface area (Å²) >= 11 is 0. The molecule has 0 aliphatic heterocycles. The summed E-state index contributed by atoms with van der Waals surface area (Å²) in [5.41, 5.74) is 5.89. The van der Waals surface area contributed by atoms with Crippen LogP contribution in [0.15, 0.2) is 24.3 Å². The standard InChI is InChI=1S/C8H9NO5S/c1-15(11,12)14-13-8(10)6-3-2-4-7(9)5-6/h2-5H,9H2,1H3. The van der Waals surface area contributed by atoms with Gasteiger partial charge in [0.2, 0.25) is 0 Å². The predicted octanol–water partition coefficient (Wildman–Crippen LogP) is 0.317. The van der Waals surface area contributed by atoms with Crippen molar-refractivity contribution in [1.82, 2.24) is 0 Å². The Morgan fingerprint density at radius 1 is 1.40 bits per heavy atom. The van der Waals surface area contributed by atoms with Crippen LogP contribution in [0.3, 0.4) is 0 Å². The van der Waals surface area contributed by atoms with Gasteiger partial charge in [0.05, 0.1) is 11.8 Å². The lowest BCUT2D eigenvalue weighted by Crippen LogP contribution is -2.10. The maximum Gasteiger partial charge on any atom is 0.374 e. The summed E-state index contributed by atoms with van der Waals surface area (Å²) in [5, 5.41) is 0. The summed E-state index contributed by atoms with van der Waals surface area (Å²) in [5.74, 6) is -0.923. The monoisotopic (exact) mass is 231 g/mol. The second kappa shape index (κ2) is 4.28. The lowest BCUT2D eigenvalue weighted by atomic mass is 10.2. The molecular formula is C8H9NO5S. The Labute approximate surface area is 86.7 Å². The van der Waals surface area contributed by atoms with Gasteiger partial charge >= 0.3 is 5.97 Å². The Balaban J connectivity index is 2.70. The first kappa shape index (κ1) is 11.5. The number of hydrogen-bond donors (Lipinski definition) is 1. The van der Waals surface area contributed by atoms with Crippen LogP contribution >= 0.6 is 0 Å². The fraction of sp³-hybridized carbons (Fsp3) is 0.125. The van der Waals surface area contributed by atoms with Gasteiger partial charge in [-0.25, -0.2) is 4.79 Å². The number of carbonyl (C=O) groups excluding carboxylic acids is 1. The van der Waals surface area contributed by atoms with E-state index in [1.807, 2.05) is 0 Å². The molecule has 1 rings (SSSR count). The quantitative estimate of drug-likeness (QED) is 0.457. The van der Waals surface area contributed by atoms with Crippen LogP contribution in [0, 0.1) is 0 Å². The van der Waals surface area contributed by atoms with Crippen LogP contribution in [0.1, 0.15) is 10.4 Å². The molecule has 0 aromatic heterocycles. The molecule has 1 aromatic carbocycles. The SMILES string of the molecule is CS(=O)(=O)OOC(=O)c1cccc(N)c1. The summed E-state index contributed by atoms with van der Waals surface area (Å²) in [4.78, 5) is 15.2. The second-order valence-electron chi connectivity index (χ2n) is 2.77. The summed E-state index contributed by atoms with van der Waals surface area (Å²) < 4.78 is 24.9. The number of nitrogens with two attached hydrogens (primary N) is 1. The van der Waals surface area contributed by atoms with E-state index in [1.54, 1.807) is 6.07 Å². The first-order valence-corrected chi connectivity index (χ1v) is 5.66. The lowest BCUT2D eigenvalue weighted by molar-refractivity contribution is -0.143. The van der Waals surface area contributed by atoms with Crippen LogP contribution < -0.4 is 5.73 Å². The Kier molecular flexibility index (Phi) is 3.28. The van der Waals surface area contributed by atoms with E-state index in [1.165, 1.54) is 18.2 Å². The van der Waals surface area contributed by atoms with Gasteiger partial charge in [0, 0.05) is 5.69 Å². The zero-order chi connectivity index (χ0) is 11.5. The summed E-state index contributed by atoms with van der Waals surface area (Å²) in [6, 6.07) is 5.87. The Bertz CT molecular complexity index is 468. The highest BCUT2D eigenvalue weighted by molar-refractivity contribution is 7.85. The zero-order valence-corrected chi connectivity index (χ0v) is 8.65. The van der Waals surface area contributed by atoms with Gasteiger partial charge in [0.1, 0.15) is 0 Å². The molecule has 0 aliphatic rings. The third-order valence-corrected chi connectivity index (χ3v) is 1.67. The van der Waals surface area contributed by atoms with E-state index in [9.17, 15) is 13.2 Å². The van der Waals surface area contributed by atoms with E-state index in [0.717, 1.165) is 6.26 Å². The van der Waals surface area contributed by atoms with Gasteiger partial charge in [-0.05, 0) is 18.2 Å².